The second kappa shape index (κ2) is 14.8. The Morgan fingerprint density at radius 2 is 0.734 bits per heavy atom. The van der Waals surface area contributed by atoms with Gasteiger partial charge in [-0.2, -0.15) is 0 Å². The Labute approximate surface area is 380 Å². The number of nitrogens with zero attached hydrogens (tertiary/aromatic N) is 1. The van der Waals surface area contributed by atoms with Gasteiger partial charge >= 0.3 is 0 Å². The fourth-order valence-electron chi connectivity index (χ4n) is 10.5. The molecule has 0 aliphatic heterocycles. The van der Waals surface area contributed by atoms with Crippen LogP contribution in [0.2, 0.25) is 0 Å². The van der Waals surface area contributed by atoms with E-state index in [1.54, 1.807) is 0 Å². The Hall–Kier alpha value is -7.56. The molecule has 0 amide bonds. The lowest BCUT2D eigenvalue weighted by molar-refractivity contribution is 0.768. The van der Waals surface area contributed by atoms with E-state index in [1.165, 1.54) is 96.0 Å². The van der Waals surface area contributed by atoms with Gasteiger partial charge in [0.15, 0.2) is 0 Å². The molecule has 2 heterocycles. The van der Waals surface area contributed by atoms with E-state index < -0.39 is 5.41 Å². The minimum Gasteiger partial charge on any atom is -0.310 e. The molecule has 2 aromatic heterocycles. The molecule has 0 fully saturated rings. The van der Waals surface area contributed by atoms with Gasteiger partial charge in [-0.15, -0.1) is 22.7 Å². The highest BCUT2D eigenvalue weighted by molar-refractivity contribution is 7.26. The molecule has 1 nitrogen and oxygen atoms in total. The van der Waals surface area contributed by atoms with Crippen molar-refractivity contribution in [2.75, 3.05) is 4.90 Å². The minimum absolute atomic E-state index is 0.517. The summed E-state index contributed by atoms with van der Waals surface area (Å²) in [7, 11) is 0. The van der Waals surface area contributed by atoms with Crippen LogP contribution in [0.5, 0.6) is 0 Å². The summed E-state index contributed by atoms with van der Waals surface area (Å²) in [6.07, 6.45) is 0. The zero-order valence-electron chi connectivity index (χ0n) is 34.8. The van der Waals surface area contributed by atoms with E-state index in [2.05, 4.69) is 241 Å². The van der Waals surface area contributed by atoms with Gasteiger partial charge in [0.25, 0.3) is 0 Å². The molecule has 0 saturated heterocycles. The van der Waals surface area contributed by atoms with Crippen molar-refractivity contribution in [1.82, 2.24) is 0 Å². The molecule has 1 aliphatic carbocycles. The predicted molar refractivity (Wildman–Crippen MR) is 275 cm³/mol. The highest BCUT2D eigenvalue weighted by Crippen LogP contribution is 2.57. The van der Waals surface area contributed by atoms with Crippen molar-refractivity contribution in [2.24, 2.45) is 0 Å². The number of hydrogen-bond donors (Lipinski definition) is 0. The van der Waals surface area contributed by atoms with Crippen molar-refractivity contribution >= 4 is 80.1 Å². The first kappa shape index (κ1) is 37.0. The first-order valence-corrected chi connectivity index (χ1v) is 23.5. The second-order valence-corrected chi connectivity index (χ2v) is 19.0. The van der Waals surface area contributed by atoms with Crippen LogP contribution in [0.15, 0.2) is 237 Å². The van der Waals surface area contributed by atoms with E-state index in [0.29, 0.717) is 0 Å². The number of hydrogen-bond acceptors (Lipinski definition) is 3. The van der Waals surface area contributed by atoms with Crippen molar-refractivity contribution < 1.29 is 0 Å². The van der Waals surface area contributed by atoms with Crippen molar-refractivity contribution in [3.05, 3.63) is 259 Å². The van der Waals surface area contributed by atoms with Crippen molar-refractivity contribution in [1.29, 1.82) is 0 Å². The smallest absolute Gasteiger partial charge is 0.0714 e. The van der Waals surface area contributed by atoms with E-state index in [-0.39, 0.29) is 0 Å². The first-order chi connectivity index (χ1) is 31.7. The molecule has 0 saturated carbocycles. The monoisotopic (exact) mass is 849 g/mol. The summed E-state index contributed by atoms with van der Waals surface area (Å²) in [6, 6.07) is 88.0. The standard InChI is InChI=1S/C61H39NS2/c1-3-17-44(18-4-1)61(45-19-5-2-6-20-45)55-26-10-7-23-49(55)50-32-31-48(39-56(50)61)62(46-21-13-15-40(35-46)42-29-33-59-53(37-42)51-24-8-11-27-57(51)63-59)47-22-14-16-41(36-47)43-30-34-60-54(38-43)52-25-9-12-28-58(52)64-60/h1-39H. The summed E-state index contributed by atoms with van der Waals surface area (Å²) in [6.45, 7) is 0. The SMILES string of the molecule is c1ccc(C2(c3ccccc3)c3ccccc3-c3ccc(N(c4cccc(-c5ccc6sc7ccccc7c6c5)c4)c4cccc(-c5ccc6sc7ccccc7c6c5)c4)cc32)cc1. The quantitative estimate of drug-likeness (QED) is 0.154. The number of thiophene rings is 2. The van der Waals surface area contributed by atoms with Gasteiger partial charge in [0.2, 0.25) is 0 Å². The third kappa shape index (κ3) is 5.75. The predicted octanol–water partition coefficient (Wildman–Crippen LogP) is 17.6. The Morgan fingerprint density at radius 3 is 1.31 bits per heavy atom. The van der Waals surface area contributed by atoms with Gasteiger partial charge in [-0.1, -0.05) is 164 Å². The van der Waals surface area contributed by atoms with Crippen LogP contribution in [0.1, 0.15) is 22.3 Å². The molecule has 13 rings (SSSR count). The first-order valence-electron chi connectivity index (χ1n) is 21.9. The van der Waals surface area contributed by atoms with Gasteiger partial charge in [-0.3, -0.25) is 0 Å². The lowest BCUT2D eigenvalue weighted by atomic mass is 9.67. The van der Waals surface area contributed by atoms with Crippen LogP contribution < -0.4 is 4.90 Å². The molecule has 10 aromatic carbocycles. The van der Waals surface area contributed by atoms with Gasteiger partial charge in [0.1, 0.15) is 0 Å². The van der Waals surface area contributed by atoms with E-state index in [4.69, 9.17) is 0 Å². The third-order valence-corrected chi connectivity index (χ3v) is 15.6. The maximum absolute atomic E-state index is 2.47. The summed E-state index contributed by atoms with van der Waals surface area (Å²) in [5.41, 5.74) is 15.2. The number of benzene rings is 10. The Morgan fingerprint density at radius 1 is 0.281 bits per heavy atom. The Balaban J connectivity index is 1.03. The molecule has 0 unspecified atom stereocenters. The van der Waals surface area contributed by atoms with E-state index >= 15 is 0 Å². The summed E-state index contributed by atoms with van der Waals surface area (Å²) in [5.74, 6) is 0. The fraction of sp³-hybridized carbons (Fsp3) is 0.0164. The van der Waals surface area contributed by atoms with E-state index in [0.717, 1.165) is 17.1 Å². The van der Waals surface area contributed by atoms with E-state index in [9.17, 15) is 0 Å². The molecule has 0 atom stereocenters. The highest BCUT2D eigenvalue weighted by Gasteiger charge is 2.46. The average molecular weight is 850 g/mol. The zero-order valence-corrected chi connectivity index (χ0v) is 36.4. The topological polar surface area (TPSA) is 3.24 Å². The van der Waals surface area contributed by atoms with Crippen molar-refractivity contribution in [3.8, 4) is 33.4 Å². The molecule has 0 bridgehead atoms. The van der Waals surface area contributed by atoms with Crippen LogP contribution in [0.3, 0.4) is 0 Å². The van der Waals surface area contributed by atoms with Gasteiger partial charge in [0.05, 0.1) is 5.41 Å². The fourth-order valence-corrected chi connectivity index (χ4v) is 12.7. The number of rotatable bonds is 7. The van der Waals surface area contributed by atoms with Crippen LogP contribution in [-0.2, 0) is 5.41 Å². The van der Waals surface area contributed by atoms with Crippen molar-refractivity contribution in [3.63, 3.8) is 0 Å². The molecular weight excluding hydrogens is 811 g/mol. The summed E-state index contributed by atoms with van der Waals surface area (Å²) in [5, 5.41) is 5.23. The van der Waals surface area contributed by atoms with Crippen molar-refractivity contribution in [2.45, 2.75) is 5.41 Å². The molecule has 3 heteroatoms. The van der Waals surface area contributed by atoms with Gasteiger partial charge < -0.3 is 4.90 Å². The average Bonchev–Trinajstić information content (AvgIpc) is 4.02. The Bertz CT molecular complexity index is 3550. The molecule has 300 valence electrons. The lowest BCUT2D eigenvalue weighted by Gasteiger charge is -2.35. The van der Waals surface area contributed by atoms with Crippen LogP contribution in [0.25, 0.3) is 73.7 Å². The molecular formula is C61H39NS2. The summed E-state index contributed by atoms with van der Waals surface area (Å²) in [4.78, 5) is 2.47. The Kier molecular flexibility index (Phi) is 8.55. The highest BCUT2D eigenvalue weighted by atomic mass is 32.1. The van der Waals surface area contributed by atoms with Gasteiger partial charge in [-0.25, -0.2) is 0 Å². The van der Waals surface area contributed by atoms with Crippen LogP contribution in [0.4, 0.5) is 17.1 Å². The maximum atomic E-state index is 2.47. The zero-order chi connectivity index (χ0) is 42.2. The molecule has 64 heavy (non-hydrogen) atoms. The summed E-state index contributed by atoms with van der Waals surface area (Å²) < 4.78 is 5.27. The molecule has 0 N–H and O–H groups in total. The molecule has 12 aromatic rings. The van der Waals surface area contributed by atoms with Gasteiger partial charge in [0, 0.05) is 57.4 Å². The second-order valence-electron chi connectivity index (χ2n) is 16.8. The van der Waals surface area contributed by atoms with Gasteiger partial charge in [-0.05, 0) is 128 Å². The lowest BCUT2D eigenvalue weighted by Crippen LogP contribution is -2.28. The minimum atomic E-state index is -0.517. The van der Waals surface area contributed by atoms with Crippen LogP contribution in [-0.4, -0.2) is 0 Å². The molecule has 0 spiro atoms. The number of anilines is 3. The largest absolute Gasteiger partial charge is 0.310 e. The number of fused-ring (bicyclic) bond motifs is 9. The van der Waals surface area contributed by atoms with E-state index in [1.807, 2.05) is 22.7 Å². The molecule has 1 aliphatic rings. The maximum Gasteiger partial charge on any atom is 0.0714 e. The normalized spacial score (nSPS) is 12.8. The summed E-state index contributed by atoms with van der Waals surface area (Å²) >= 11 is 3.73. The third-order valence-electron chi connectivity index (χ3n) is 13.3. The van der Waals surface area contributed by atoms with Crippen LogP contribution in [0, 0.1) is 0 Å². The van der Waals surface area contributed by atoms with Crippen LogP contribution >= 0.6 is 22.7 Å². The molecule has 0 radical (unpaired) electrons.